The molecule has 6 nitrogen and oxygen atoms in total. The molecule has 122 valence electrons. The van der Waals surface area contributed by atoms with Gasteiger partial charge in [0.25, 0.3) is 5.56 Å². The number of nitrogens with one attached hydrogen (secondary N) is 1. The van der Waals surface area contributed by atoms with Crippen molar-refractivity contribution in [3.05, 3.63) is 58.4 Å². The van der Waals surface area contributed by atoms with E-state index in [2.05, 4.69) is 19.9 Å². The third-order valence-corrected chi connectivity index (χ3v) is 3.60. The van der Waals surface area contributed by atoms with Gasteiger partial charge in [0.05, 0.1) is 23.6 Å². The van der Waals surface area contributed by atoms with E-state index in [1.54, 1.807) is 36.7 Å². The number of fused-ring (bicyclic) bond motifs is 1. The van der Waals surface area contributed by atoms with E-state index in [-0.39, 0.29) is 16.9 Å². The number of pyridine rings is 1. The van der Waals surface area contributed by atoms with Gasteiger partial charge in [-0.25, -0.2) is 9.97 Å². The van der Waals surface area contributed by atoms with Crippen molar-refractivity contribution < 1.29 is 5.11 Å². The zero-order chi connectivity index (χ0) is 17.3. The molecule has 3 rings (SSSR count). The molecule has 0 saturated carbocycles. The van der Waals surface area contributed by atoms with Gasteiger partial charge in [0, 0.05) is 22.4 Å². The summed E-state index contributed by atoms with van der Waals surface area (Å²) in [5.74, 6) is 0.522. The van der Waals surface area contributed by atoms with Crippen molar-refractivity contribution in [1.82, 2.24) is 15.0 Å². The van der Waals surface area contributed by atoms with Crippen LogP contribution in [0.15, 0.2) is 46.4 Å². The lowest BCUT2D eigenvalue weighted by atomic mass is 9.96. The number of rotatable bonds is 2. The smallest absolute Gasteiger partial charge is 0.258 e. The summed E-state index contributed by atoms with van der Waals surface area (Å²) in [5, 5.41) is 11.2. The molecule has 0 aliphatic heterocycles. The molecule has 0 bridgehead atoms. The molecule has 0 aliphatic rings. The molecule has 0 spiro atoms. The summed E-state index contributed by atoms with van der Waals surface area (Å²) in [5.41, 5.74) is 0.552. The van der Waals surface area contributed by atoms with Crippen molar-refractivity contribution in [1.29, 1.82) is 0 Å². The molecule has 6 heteroatoms. The van der Waals surface area contributed by atoms with E-state index >= 15 is 0 Å². The van der Waals surface area contributed by atoms with Gasteiger partial charge >= 0.3 is 0 Å². The fourth-order valence-electron chi connectivity index (χ4n) is 2.33. The number of aromatic nitrogens is 3. The molecular weight excluding hydrogens is 304 g/mol. The molecule has 24 heavy (non-hydrogen) atoms. The summed E-state index contributed by atoms with van der Waals surface area (Å²) in [7, 11) is 0. The molecular formula is C18H18N4O2. The second kappa shape index (κ2) is 5.88. The van der Waals surface area contributed by atoms with Crippen molar-refractivity contribution in [3.8, 4) is 5.88 Å². The fraction of sp³-hybridized carbons (Fsp3) is 0.222. The molecule has 2 heterocycles. The maximum atomic E-state index is 11.9. The Bertz CT molecular complexity index is 967. The molecule has 0 saturated heterocycles. The zero-order valence-corrected chi connectivity index (χ0v) is 13.7. The van der Waals surface area contributed by atoms with E-state index in [9.17, 15) is 9.90 Å². The molecule has 0 unspecified atom stereocenters. The normalized spacial score (nSPS) is 12.1. The molecule has 1 aromatic carbocycles. The van der Waals surface area contributed by atoms with Crippen LogP contribution in [0.25, 0.3) is 10.8 Å². The monoisotopic (exact) mass is 322 g/mol. The van der Waals surface area contributed by atoms with Gasteiger partial charge in [0.15, 0.2) is 0 Å². The van der Waals surface area contributed by atoms with Gasteiger partial charge in [-0.05, 0) is 6.07 Å². The van der Waals surface area contributed by atoms with Crippen LogP contribution in [0, 0.1) is 0 Å². The van der Waals surface area contributed by atoms with Crippen molar-refractivity contribution >= 4 is 22.7 Å². The number of benzene rings is 1. The Labute approximate surface area is 139 Å². The Balaban J connectivity index is 2.01. The van der Waals surface area contributed by atoms with E-state index in [4.69, 9.17) is 0 Å². The van der Waals surface area contributed by atoms with E-state index < -0.39 is 0 Å². The highest BCUT2D eigenvalue weighted by atomic mass is 16.3. The first-order valence-electron chi connectivity index (χ1n) is 7.57. The second-order valence-electron chi connectivity index (χ2n) is 6.54. The van der Waals surface area contributed by atoms with Crippen LogP contribution in [0.1, 0.15) is 32.2 Å². The van der Waals surface area contributed by atoms with Crippen LogP contribution in [0.4, 0.5) is 5.69 Å². The standard InChI is InChI=1S/C18H18N4O2/c1-18(2,3)17-20-8-11(9-21-17)19-10-14-12-6-4-5-7-13(12)15(23)22-16(14)24/h4-10H,1-3H3,(H2,22,23,24). The van der Waals surface area contributed by atoms with Crippen molar-refractivity contribution in [2.75, 3.05) is 0 Å². The van der Waals surface area contributed by atoms with Gasteiger partial charge in [-0.15, -0.1) is 0 Å². The Hall–Kier alpha value is -3.02. The highest BCUT2D eigenvalue weighted by Crippen LogP contribution is 2.22. The SMILES string of the molecule is CC(C)(C)c1ncc(N=Cc2c(O)[nH]c(=O)c3ccccc23)cn1. The van der Waals surface area contributed by atoms with Crippen LogP contribution in [-0.4, -0.2) is 26.3 Å². The molecule has 0 fully saturated rings. The van der Waals surface area contributed by atoms with Crippen LogP contribution in [0.2, 0.25) is 0 Å². The topological polar surface area (TPSA) is 91.2 Å². The lowest BCUT2D eigenvalue weighted by molar-refractivity contribution is 0.452. The lowest BCUT2D eigenvalue weighted by Crippen LogP contribution is -2.15. The maximum absolute atomic E-state index is 11.9. The van der Waals surface area contributed by atoms with E-state index in [1.165, 1.54) is 6.21 Å². The van der Waals surface area contributed by atoms with Gasteiger partial charge < -0.3 is 5.11 Å². The maximum Gasteiger partial charge on any atom is 0.258 e. The average molecular weight is 322 g/mol. The van der Waals surface area contributed by atoms with Crippen molar-refractivity contribution in [2.45, 2.75) is 26.2 Å². The summed E-state index contributed by atoms with van der Waals surface area (Å²) in [6.07, 6.45) is 4.77. The van der Waals surface area contributed by atoms with Crippen LogP contribution in [0.5, 0.6) is 5.88 Å². The minimum Gasteiger partial charge on any atom is -0.494 e. The van der Waals surface area contributed by atoms with Crippen LogP contribution in [0.3, 0.4) is 0 Å². The molecule has 3 aromatic rings. The summed E-state index contributed by atoms with van der Waals surface area (Å²) >= 11 is 0. The Morgan fingerprint density at radius 1 is 1.12 bits per heavy atom. The number of H-pyrrole nitrogens is 1. The molecule has 0 amide bonds. The zero-order valence-electron chi connectivity index (χ0n) is 13.7. The Kier molecular flexibility index (Phi) is 3.89. The van der Waals surface area contributed by atoms with E-state index in [0.717, 1.165) is 5.82 Å². The highest BCUT2D eigenvalue weighted by molar-refractivity contribution is 6.01. The summed E-state index contributed by atoms with van der Waals surface area (Å²) < 4.78 is 0. The average Bonchev–Trinajstić information content (AvgIpc) is 2.54. The summed E-state index contributed by atoms with van der Waals surface area (Å²) in [4.78, 5) is 27.2. The predicted octanol–water partition coefficient (Wildman–Crippen LogP) is 3.07. The number of aromatic hydroxyl groups is 1. The third-order valence-electron chi connectivity index (χ3n) is 3.60. The molecule has 0 aliphatic carbocycles. The number of aliphatic imine (C=N–C) groups is 1. The molecule has 0 radical (unpaired) electrons. The van der Waals surface area contributed by atoms with E-state index in [0.29, 0.717) is 22.0 Å². The van der Waals surface area contributed by atoms with Crippen molar-refractivity contribution in [3.63, 3.8) is 0 Å². The molecule has 2 N–H and O–H groups in total. The van der Waals surface area contributed by atoms with Gasteiger partial charge in [-0.1, -0.05) is 39.0 Å². The lowest BCUT2D eigenvalue weighted by Gasteiger charge is -2.15. The minimum absolute atomic E-state index is 0.129. The predicted molar refractivity (Wildman–Crippen MR) is 94.2 cm³/mol. The number of hydrogen-bond donors (Lipinski definition) is 2. The van der Waals surface area contributed by atoms with Crippen molar-refractivity contribution in [2.24, 2.45) is 4.99 Å². The van der Waals surface area contributed by atoms with Crippen LogP contribution < -0.4 is 5.56 Å². The number of nitrogens with zero attached hydrogens (tertiary/aromatic N) is 3. The quantitative estimate of drug-likeness (QED) is 0.709. The molecule has 2 aromatic heterocycles. The Morgan fingerprint density at radius 3 is 2.38 bits per heavy atom. The third kappa shape index (κ3) is 3.03. The first kappa shape index (κ1) is 15.9. The van der Waals surface area contributed by atoms with Gasteiger partial charge in [-0.3, -0.25) is 14.8 Å². The first-order chi connectivity index (χ1) is 11.4. The van der Waals surface area contributed by atoms with Crippen LogP contribution >= 0.6 is 0 Å². The minimum atomic E-state index is -0.335. The number of hydrogen-bond acceptors (Lipinski definition) is 5. The first-order valence-corrected chi connectivity index (χ1v) is 7.57. The number of aromatic amines is 1. The van der Waals surface area contributed by atoms with E-state index in [1.807, 2.05) is 20.8 Å². The van der Waals surface area contributed by atoms with Crippen LogP contribution in [-0.2, 0) is 5.41 Å². The Morgan fingerprint density at radius 2 is 1.75 bits per heavy atom. The highest BCUT2D eigenvalue weighted by Gasteiger charge is 2.16. The second-order valence-corrected chi connectivity index (χ2v) is 6.54. The van der Waals surface area contributed by atoms with Gasteiger partial charge in [-0.2, -0.15) is 0 Å². The fourth-order valence-corrected chi connectivity index (χ4v) is 2.33. The molecule has 0 atom stereocenters. The summed E-state index contributed by atoms with van der Waals surface area (Å²) in [6, 6.07) is 7.05. The van der Waals surface area contributed by atoms with Gasteiger partial charge in [0.1, 0.15) is 5.82 Å². The largest absolute Gasteiger partial charge is 0.494 e. The van der Waals surface area contributed by atoms with Gasteiger partial charge in [0.2, 0.25) is 5.88 Å². The summed E-state index contributed by atoms with van der Waals surface area (Å²) in [6.45, 7) is 6.11.